The van der Waals surface area contributed by atoms with Crippen molar-refractivity contribution in [3.8, 4) is 16.8 Å². The van der Waals surface area contributed by atoms with Crippen LogP contribution in [0.1, 0.15) is 33.4 Å². The predicted molar refractivity (Wildman–Crippen MR) is 416 cm³/mol. The van der Waals surface area contributed by atoms with Crippen molar-refractivity contribution in [2.24, 2.45) is 0 Å². The van der Waals surface area contributed by atoms with Crippen molar-refractivity contribution < 1.29 is 0 Å². The lowest BCUT2D eigenvalue weighted by Crippen LogP contribution is -2.75. The van der Waals surface area contributed by atoms with Gasteiger partial charge in [-0.25, -0.2) is 0 Å². The zero-order valence-corrected chi connectivity index (χ0v) is 57.1. The van der Waals surface area contributed by atoms with Crippen molar-refractivity contribution in [3.05, 3.63) is 361 Å². The van der Waals surface area contributed by atoms with E-state index in [1.807, 2.05) is 0 Å². The zero-order valence-electron chi connectivity index (χ0n) is 55.1. The third-order valence-electron chi connectivity index (χ3n) is 20.6. The third kappa shape index (κ3) is 9.45. The van der Waals surface area contributed by atoms with E-state index in [1.54, 1.807) is 0 Å². The summed E-state index contributed by atoms with van der Waals surface area (Å²) in [6, 6.07) is 126. The minimum Gasteiger partial charge on any atom is -0.311 e. The monoisotopic (exact) mass is 1260 g/mol. The number of nitrogens with zero attached hydrogens (tertiary/aromatic N) is 3. The van der Waals surface area contributed by atoms with Crippen LogP contribution in [0, 0.1) is 41.5 Å². The summed E-state index contributed by atoms with van der Waals surface area (Å²) in [6.45, 7) is 13.2. The summed E-state index contributed by atoms with van der Waals surface area (Å²) in [5.74, 6) is 0. The third-order valence-corrected chi connectivity index (χ3v) is 30.2. The van der Waals surface area contributed by atoms with E-state index in [0.29, 0.717) is 0 Å². The van der Waals surface area contributed by atoms with E-state index in [1.165, 1.54) is 130 Å². The molecule has 15 aromatic rings. The maximum absolute atomic E-state index is 3.10. The van der Waals surface area contributed by atoms with Crippen LogP contribution < -0.4 is 67.7 Å². The van der Waals surface area contributed by atoms with E-state index in [4.69, 9.17) is 0 Å². The van der Waals surface area contributed by atoms with Crippen LogP contribution in [0.5, 0.6) is 0 Å². The second-order valence-corrected chi connectivity index (χ2v) is 34.5. The van der Waals surface area contributed by atoms with Crippen molar-refractivity contribution in [2.45, 2.75) is 41.5 Å². The van der Waals surface area contributed by atoms with E-state index in [0.717, 1.165) is 34.1 Å². The molecule has 0 spiro atoms. The molecule has 17 rings (SSSR count). The Morgan fingerprint density at radius 2 is 0.604 bits per heavy atom. The first-order valence-corrected chi connectivity index (χ1v) is 37.7. The van der Waals surface area contributed by atoms with E-state index >= 15 is 0 Å². The number of aryl methyl sites for hydroxylation is 6. The molecule has 0 saturated heterocycles. The maximum Gasteiger partial charge on any atom is 0.252 e. The number of hydrogen-bond acceptors (Lipinski definition) is 2. The Bertz CT molecular complexity index is 5190. The second-order valence-electron chi connectivity index (χ2n) is 26.9. The second kappa shape index (κ2) is 23.5. The molecule has 2 aliphatic heterocycles. The molecule has 0 N–H and O–H groups in total. The largest absolute Gasteiger partial charge is 0.311 e. The van der Waals surface area contributed by atoms with Crippen molar-refractivity contribution >= 4 is 137 Å². The topological polar surface area (TPSA) is 11.4 Å². The van der Waals surface area contributed by atoms with Crippen LogP contribution in [0.15, 0.2) is 328 Å². The van der Waals surface area contributed by atoms with Crippen LogP contribution in [-0.4, -0.2) is 27.4 Å². The van der Waals surface area contributed by atoms with Gasteiger partial charge in [0.1, 0.15) is 0 Å². The van der Waals surface area contributed by atoms with Crippen LogP contribution >= 0.6 is 0 Å². The molecule has 0 unspecified atom stereocenters. The first-order valence-electron chi connectivity index (χ1n) is 33.7. The van der Waals surface area contributed by atoms with Crippen LogP contribution in [0.3, 0.4) is 0 Å². The molecule has 458 valence electrons. The summed E-state index contributed by atoms with van der Waals surface area (Å²) in [5, 5.41) is 13.2. The molecule has 14 aromatic carbocycles. The minimum absolute atomic E-state index is 0.204. The molecule has 2 aliphatic rings. The van der Waals surface area contributed by atoms with Crippen LogP contribution in [0.2, 0.25) is 0 Å². The van der Waals surface area contributed by atoms with Gasteiger partial charge in [-0.3, -0.25) is 0 Å². The lowest BCUT2D eigenvalue weighted by atomic mass is 9.33. The lowest BCUT2D eigenvalue weighted by molar-refractivity contribution is 1.16. The molecule has 3 heterocycles. The average Bonchev–Trinajstić information content (AvgIpc) is 0.763. The van der Waals surface area contributed by atoms with Crippen molar-refractivity contribution in [1.29, 1.82) is 0 Å². The summed E-state index contributed by atoms with van der Waals surface area (Å²) in [7, 11) is -6.02. The van der Waals surface area contributed by atoms with Gasteiger partial charge in [0.25, 0.3) is 6.71 Å². The molecular formula is C90H72BN3Si2. The molecule has 0 aliphatic carbocycles. The van der Waals surface area contributed by atoms with Gasteiger partial charge in [-0.1, -0.05) is 277 Å². The molecular weight excluding hydrogens is 1190 g/mol. The van der Waals surface area contributed by atoms with Gasteiger partial charge in [-0.15, -0.1) is 0 Å². The van der Waals surface area contributed by atoms with E-state index < -0.39 is 16.1 Å². The van der Waals surface area contributed by atoms with Crippen molar-refractivity contribution in [3.63, 3.8) is 0 Å². The normalized spacial score (nSPS) is 12.6. The molecule has 3 nitrogen and oxygen atoms in total. The van der Waals surface area contributed by atoms with Gasteiger partial charge in [-0.2, -0.15) is 0 Å². The summed E-state index contributed by atoms with van der Waals surface area (Å²) in [5.41, 5.74) is 24.1. The quantitative estimate of drug-likeness (QED) is 0.0892. The summed E-state index contributed by atoms with van der Waals surface area (Å²) in [6.07, 6.45) is 0. The molecule has 0 bridgehead atoms. The van der Waals surface area contributed by atoms with Gasteiger partial charge in [-0.05, 0) is 194 Å². The maximum atomic E-state index is 2.68. The Morgan fingerprint density at radius 3 is 1.04 bits per heavy atom. The average molecular weight is 1260 g/mol. The Morgan fingerprint density at radius 1 is 0.240 bits per heavy atom. The van der Waals surface area contributed by atoms with E-state index in [-0.39, 0.29) is 6.71 Å². The standard InChI is InChI=1S/C90H72BN3Si2/c1-61-37-45-84-80(55-61)81-56-62(2)38-46-85(81)93(84)71-58-88-90-89(59-71)94(70-53-65(5)50-66(6)54-70)86-47-39-67(68-51-63(3)49-64(4)52-68)57-82(86)91(90)83-60-79(96(75-31-19-10-20-32-75,76-33-21-11-22-34-76)77-35-23-12-24-36-77)44-48-87(83)92(88)69-40-42-78(43-41-69)95(72-25-13-7-14-26-72,73-27-15-8-16-28-73)74-29-17-9-18-30-74/h7-60H,1-6H3. The van der Waals surface area contributed by atoms with Crippen LogP contribution in [-0.2, 0) is 0 Å². The van der Waals surface area contributed by atoms with Gasteiger partial charge in [0, 0.05) is 44.9 Å². The first-order chi connectivity index (χ1) is 47.0. The van der Waals surface area contributed by atoms with Crippen molar-refractivity contribution in [1.82, 2.24) is 4.57 Å². The zero-order chi connectivity index (χ0) is 64.8. The minimum atomic E-state index is -3.10. The molecule has 0 amide bonds. The molecule has 6 heteroatoms. The van der Waals surface area contributed by atoms with Crippen LogP contribution in [0.25, 0.3) is 38.6 Å². The number of hydrogen-bond donors (Lipinski definition) is 0. The van der Waals surface area contributed by atoms with Gasteiger partial charge >= 0.3 is 0 Å². The first kappa shape index (κ1) is 58.8. The summed E-state index contributed by atoms with van der Waals surface area (Å²) >= 11 is 0. The van der Waals surface area contributed by atoms with Crippen LogP contribution in [0.4, 0.5) is 34.1 Å². The number of anilines is 6. The Hall–Kier alpha value is -11.0. The number of aromatic nitrogens is 1. The van der Waals surface area contributed by atoms with Crippen molar-refractivity contribution in [2.75, 3.05) is 9.80 Å². The van der Waals surface area contributed by atoms with Gasteiger partial charge in [0.05, 0.1) is 16.7 Å². The summed E-state index contributed by atoms with van der Waals surface area (Å²) < 4.78 is 2.55. The lowest BCUT2D eigenvalue weighted by Gasteiger charge is -2.45. The highest BCUT2D eigenvalue weighted by Crippen LogP contribution is 2.47. The van der Waals surface area contributed by atoms with Gasteiger partial charge in [0.15, 0.2) is 16.1 Å². The van der Waals surface area contributed by atoms with E-state index in [2.05, 4.69) is 383 Å². The highest BCUT2D eigenvalue weighted by Gasteiger charge is 2.48. The highest BCUT2D eigenvalue weighted by atomic mass is 28.3. The fourth-order valence-corrected chi connectivity index (χ4v) is 26.4. The molecule has 96 heavy (non-hydrogen) atoms. The smallest absolute Gasteiger partial charge is 0.252 e. The Balaban J connectivity index is 1.02. The number of rotatable bonds is 12. The van der Waals surface area contributed by atoms with Gasteiger partial charge < -0.3 is 14.4 Å². The fourth-order valence-electron chi connectivity index (χ4n) is 16.8. The highest BCUT2D eigenvalue weighted by molar-refractivity contribution is 7.20. The Labute approximate surface area is 566 Å². The molecule has 1 aromatic heterocycles. The Kier molecular flexibility index (Phi) is 14.4. The number of fused-ring (bicyclic) bond motifs is 7. The SMILES string of the molecule is Cc1cc(C)cc(-c2ccc3c(c2)B2c4cc([Si](c5ccccc5)(c5ccccc5)c5ccccc5)ccc4N(c4ccc([Si](c5ccccc5)(c5ccccc5)c5ccccc5)cc4)c4cc(-n5c6ccc(C)cc6c6cc(C)ccc65)cc(c42)N3c2cc(C)cc(C)c2)c1. The fraction of sp³-hybridized carbons (Fsp3) is 0.0667. The molecule has 0 radical (unpaired) electrons. The molecule has 0 atom stereocenters. The predicted octanol–water partition coefficient (Wildman–Crippen LogP) is 15.1. The molecule has 0 fully saturated rings. The summed E-state index contributed by atoms with van der Waals surface area (Å²) in [4.78, 5) is 5.27. The molecule has 0 saturated carbocycles. The number of benzene rings is 14. The van der Waals surface area contributed by atoms with E-state index in [9.17, 15) is 0 Å². The van der Waals surface area contributed by atoms with Gasteiger partial charge in [0.2, 0.25) is 0 Å².